The maximum atomic E-state index is 12.0. The molecule has 3 atom stereocenters. The molecule has 1 saturated carbocycles. The third kappa shape index (κ3) is 4.34. The van der Waals surface area contributed by atoms with Gasteiger partial charge in [-0.05, 0) is 30.2 Å². The van der Waals surface area contributed by atoms with Gasteiger partial charge in [0, 0.05) is 6.54 Å². The molecule has 1 aromatic carbocycles. The summed E-state index contributed by atoms with van der Waals surface area (Å²) < 4.78 is 0. The van der Waals surface area contributed by atoms with Gasteiger partial charge < -0.3 is 11.1 Å². The summed E-state index contributed by atoms with van der Waals surface area (Å²) in [4.78, 5) is 12.0. The SMILES string of the molecule is CC1CCCC(CCNC(=O)C(N)c2ccccc2)C1. The van der Waals surface area contributed by atoms with Crippen molar-refractivity contribution in [2.24, 2.45) is 17.6 Å². The van der Waals surface area contributed by atoms with E-state index in [2.05, 4.69) is 12.2 Å². The van der Waals surface area contributed by atoms with E-state index >= 15 is 0 Å². The molecule has 3 heteroatoms. The first kappa shape index (κ1) is 15.0. The van der Waals surface area contributed by atoms with Gasteiger partial charge in [0.2, 0.25) is 5.91 Å². The highest BCUT2D eigenvalue weighted by Crippen LogP contribution is 2.30. The lowest BCUT2D eigenvalue weighted by Crippen LogP contribution is -2.35. The van der Waals surface area contributed by atoms with Crippen LogP contribution in [0.3, 0.4) is 0 Å². The minimum atomic E-state index is -0.554. The Labute approximate surface area is 121 Å². The Kier molecular flexibility index (Phi) is 5.60. The van der Waals surface area contributed by atoms with Crippen LogP contribution in [-0.4, -0.2) is 12.5 Å². The van der Waals surface area contributed by atoms with Gasteiger partial charge in [-0.25, -0.2) is 0 Å². The topological polar surface area (TPSA) is 55.1 Å². The molecule has 110 valence electrons. The van der Waals surface area contributed by atoms with Crippen LogP contribution in [0.4, 0.5) is 0 Å². The molecule has 0 aromatic heterocycles. The van der Waals surface area contributed by atoms with Crippen LogP contribution in [0.1, 0.15) is 50.6 Å². The smallest absolute Gasteiger partial charge is 0.241 e. The Hall–Kier alpha value is -1.35. The summed E-state index contributed by atoms with van der Waals surface area (Å²) >= 11 is 0. The Morgan fingerprint density at radius 1 is 1.35 bits per heavy atom. The van der Waals surface area contributed by atoms with Crippen molar-refractivity contribution in [3.8, 4) is 0 Å². The molecule has 2 rings (SSSR count). The van der Waals surface area contributed by atoms with Crippen LogP contribution in [0.5, 0.6) is 0 Å². The minimum Gasteiger partial charge on any atom is -0.354 e. The molecule has 0 radical (unpaired) electrons. The molecule has 0 saturated heterocycles. The number of benzene rings is 1. The summed E-state index contributed by atoms with van der Waals surface area (Å²) in [6.45, 7) is 3.08. The molecule has 20 heavy (non-hydrogen) atoms. The van der Waals surface area contributed by atoms with Crippen LogP contribution in [0.2, 0.25) is 0 Å². The van der Waals surface area contributed by atoms with E-state index in [1.54, 1.807) is 0 Å². The van der Waals surface area contributed by atoms with E-state index in [1.165, 1.54) is 25.7 Å². The number of amides is 1. The van der Waals surface area contributed by atoms with Crippen molar-refractivity contribution >= 4 is 5.91 Å². The van der Waals surface area contributed by atoms with Crippen molar-refractivity contribution in [2.45, 2.75) is 45.1 Å². The van der Waals surface area contributed by atoms with E-state index in [0.29, 0.717) is 0 Å². The van der Waals surface area contributed by atoms with Crippen molar-refractivity contribution in [2.75, 3.05) is 6.54 Å². The molecular weight excluding hydrogens is 248 g/mol. The van der Waals surface area contributed by atoms with E-state index in [4.69, 9.17) is 5.73 Å². The second kappa shape index (κ2) is 7.44. The number of rotatable bonds is 5. The van der Waals surface area contributed by atoms with Crippen LogP contribution in [-0.2, 0) is 4.79 Å². The molecule has 3 nitrogen and oxygen atoms in total. The Morgan fingerprint density at radius 2 is 2.10 bits per heavy atom. The van der Waals surface area contributed by atoms with E-state index in [0.717, 1.165) is 30.4 Å². The Bertz CT molecular complexity index is 418. The van der Waals surface area contributed by atoms with Crippen LogP contribution < -0.4 is 11.1 Å². The van der Waals surface area contributed by atoms with Crippen molar-refractivity contribution in [1.29, 1.82) is 0 Å². The summed E-state index contributed by atoms with van der Waals surface area (Å²) in [5, 5.41) is 2.98. The summed E-state index contributed by atoms with van der Waals surface area (Å²) in [6, 6.07) is 8.98. The van der Waals surface area contributed by atoms with E-state index in [-0.39, 0.29) is 5.91 Å². The van der Waals surface area contributed by atoms with Crippen LogP contribution >= 0.6 is 0 Å². The number of hydrogen-bond donors (Lipinski definition) is 2. The number of nitrogens with one attached hydrogen (secondary N) is 1. The predicted octanol–water partition coefficient (Wildman–Crippen LogP) is 3.02. The Balaban J connectivity index is 1.72. The fourth-order valence-corrected chi connectivity index (χ4v) is 3.14. The fourth-order valence-electron chi connectivity index (χ4n) is 3.14. The van der Waals surface area contributed by atoms with E-state index in [1.807, 2.05) is 30.3 Å². The first-order valence-electron chi connectivity index (χ1n) is 7.75. The lowest BCUT2D eigenvalue weighted by Gasteiger charge is -2.26. The average Bonchev–Trinajstić information content (AvgIpc) is 2.47. The monoisotopic (exact) mass is 274 g/mol. The van der Waals surface area contributed by atoms with E-state index < -0.39 is 6.04 Å². The first-order valence-corrected chi connectivity index (χ1v) is 7.75. The molecule has 0 spiro atoms. The maximum Gasteiger partial charge on any atom is 0.241 e. The zero-order valence-corrected chi connectivity index (χ0v) is 12.3. The maximum absolute atomic E-state index is 12.0. The molecule has 1 aliphatic carbocycles. The second-order valence-corrected chi connectivity index (χ2v) is 6.11. The van der Waals surface area contributed by atoms with Gasteiger partial charge in [0.1, 0.15) is 6.04 Å². The highest BCUT2D eigenvalue weighted by Gasteiger charge is 2.19. The lowest BCUT2D eigenvalue weighted by atomic mass is 9.81. The quantitative estimate of drug-likeness (QED) is 0.867. The molecule has 3 N–H and O–H groups in total. The molecular formula is C17H26N2O. The van der Waals surface area contributed by atoms with Crippen molar-refractivity contribution < 1.29 is 4.79 Å². The van der Waals surface area contributed by atoms with Crippen LogP contribution in [0.15, 0.2) is 30.3 Å². The predicted molar refractivity (Wildman–Crippen MR) is 82.1 cm³/mol. The number of nitrogens with two attached hydrogens (primary N) is 1. The molecule has 0 bridgehead atoms. The molecule has 0 heterocycles. The molecule has 1 amide bonds. The largest absolute Gasteiger partial charge is 0.354 e. The summed E-state index contributed by atoms with van der Waals surface area (Å²) in [7, 11) is 0. The summed E-state index contributed by atoms with van der Waals surface area (Å²) in [5.74, 6) is 1.54. The van der Waals surface area contributed by atoms with Gasteiger partial charge in [-0.2, -0.15) is 0 Å². The van der Waals surface area contributed by atoms with Crippen LogP contribution in [0, 0.1) is 11.8 Å². The number of carbonyl (C=O) groups excluding carboxylic acids is 1. The third-order valence-corrected chi connectivity index (χ3v) is 4.34. The highest BCUT2D eigenvalue weighted by molar-refractivity contribution is 5.82. The molecule has 0 aliphatic heterocycles. The van der Waals surface area contributed by atoms with Gasteiger partial charge in [0.15, 0.2) is 0 Å². The zero-order valence-electron chi connectivity index (χ0n) is 12.3. The van der Waals surface area contributed by atoms with Crippen molar-refractivity contribution in [1.82, 2.24) is 5.32 Å². The molecule has 1 aliphatic rings. The average molecular weight is 274 g/mol. The normalized spacial score (nSPS) is 24.1. The second-order valence-electron chi connectivity index (χ2n) is 6.11. The number of hydrogen-bond acceptors (Lipinski definition) is 2. The van der Waals surface area contributed by atoms with Crippen LogP contribution in [0.25, 0.3) is 0 Å². The lowest BCUT2D eigenvalue weighted by molar-refractivity contribution is -0.122. The zero-order chi connectivity index (χ0) is 14.4. The molecule has 3 unspecified atom stereocenters. The minimum absolute atomic E-state index is 0.0694. The highest BCUT2D eigenvalue weighted by atomic mass is 16.2. The van der Waals surface area contributed by atoms with Crippen molar-refractivity contribution in [3.05, 3.63) is 35.9 Å². The summed E-state index contributed by atoms with van der Waals surface area (Å²) in [5.41, 5.74) is 6.84. The molecule has 1 fully saturated rings. The Morgan fingerprint density at radius 3 is 2.80 bits per heavy atom. The van der Waals surface area contributed by atoms with E-state index in [9.17, 15) is 4.79 Å². The van der Waals surface area contributed by atoms with Gasteiger partial charge in [0.25, 0.3) is 0 Å². The first-order chi connectivity index (χ1) is 9.66. The number of carbonyl (C=O) groups is 1. The van der Waals surface area contributed by atoms with Gasteiger partial charge >= 0.3 is 0 Å². The van der Waals surface area contributed by atoms with Gasteiger partial charge in [-0.15, -0.1) is 0 Å². The standard InChI is InChI=1S/C17H26N2O/c1-13-6-5-7-14(12-13)10-11-19-17(20)16(18)15-8-3-2-4-9-15/h2-4,8-9,13-14,16H,5-7,10-12,18H2,1H3,(H,19,20). The van der Waals surface area contributed by atoms with Gasteiger partial charge in [-0.1, -0.05) is 56.5 Å². The summed E-state index contributed by atoms with van der Waals surface area (Å²) in [6.07, 6.45) is 6.40. The van der Waals surface area contributed by atoms with Crippen molar-refractivity contribution in [3.63, 3.8) is 0 Å². The third-order valence-electron chi connectivity index (χ3n) is 4.34. The molecule has 1 aromatic rings. The fraction of sp³-hybridized carbons (Fsp3) is 0.588. The van der Waals surface area contributed by atoms with Gasteiger partial charge in [0.05, 0.1) is 0 Å². The van der Waals surface area contributed by atoms with Gasteiger partial charge in [-0.3, -0.25) is 4.79 Å².